The minimum Gasteiger partial charge on any atom is -0.368 e. The van der Waals surface area contributed by atoms with E-state index in [0.717, 1.165) is 44.4 Å². The quantitative estimate of drug-likeness (QED) is 0.697. The molecular weight excluding hydrogens is 334 g/mol. The van der Waals surface area contributed by atoms with Crippen LogP contribution in [0.5, 0.6) is 0 Å². The van der Waals surface area contributed by atoms with Crippen LogP contribution < -0.4 is 14.7 Å². The topological polar surface area (TPSA) is 35.5 Å². The first-order valence-electron chi connectivity index (χ1n) is 9.42. The first-order valence-corrected chi connectivity index (χ1v) is 9.42. The molecule has 0 amide bonds. The first-order chi connectivity index (χ1) is 13.3. The van der Waals surface area contributed by atoms with Crippen LogP contribution in [0.2, 0.25) is 0 Å². The third-order valence-corrected chi connectivity index (χ3v) is 5.02. The van der Waals surface area contributed by atoms with E-state index in [1.165, 1.54) is 11.3 Å². The largest absolute Gasteiger partial charge is 0.368 e. The summed E-state index contributed by atoms with van der Waals surface area (Å²) >= 11 is 0. The second-order valence-electron chi connectivity index (χ2n) is 6.89. The van der Waals surface area contributed by atoms with Crippen molar-refractivity contribution in [3.8, 4) is 0 Å². The molecule has 4 rings (SSSR count). The van der Waals surface area contributed by atoms with Gasteiger partial charge < -0.3 is 14.7 Å². The van der Waals surface area contributed by atoms with E-state index in [0.29, 0.717) is 0 Å². The highest BCUT2D eigenvalue weighted by molar-refractivity contribution is 5.53. The predicted octanol–water partition coefficient (Wildman–Crippen LogP) is 3.44. The maximum Gasteiger partial charge on any atom is 0.134 e. The summed E-state index contributed by atoms with van der Waals surface area (Å²) in [6.07, 6.45) is 1.68. The van der Waals surface area contributed by atoms with Crippen LogP contribution in [0.1, 0.15) is 5.56 Å². The third-order valence-electron chi connectivity index (χ3n) is 5.02. The van der Waals surface area contributed by atoms with Gasteiger partial charge in [0.15, 0.2) is 0 Å². The van der Waals surface area contributed by atoms with Crippen molar-refractivity contribution in [3.63, 3.8) is 0 Å². The van der Waals surface area contributed by atoms with Gasteiger partial charge in [-0.2, -0.15) is 0 Å². The van der Waals surface area contributed by atoms with Gasteiger partial charge in [0.25, 0.3) is 0 Å². The normalized spacial score (nSPS) is 14.3. The lowest BCUT2D eigenvalue weighted by molar-refractivity contribution is 0.646. The zero-order valence-corrected chi connectivity index (χ0v) is 15.7. The molecule has 2 aromatic carbocycles. The van der Waals surface area contributed by atoms with E-state index >= 15 is 0 Å². The fourth-order valence-corrected chi connectivity index (χ4v) is 3.49. The Bertz CT molecular complexity index is 845. The van der Waals surface area contributed by atoms with Crippen LogP contribution in [0.4, 0.5) is 17.3 Å². The van der Waals surface area contributed by atoms with Crippen molar-refractivity contribution >= 4 is 17.3 Å². The lowest BCUT2D eigenvalue weighted by Gasteiger charge is -2.36. The Morgan fingerprint density at radius 3 is 2.15 bits per heavy atom. The summed E-state index contributed by atoms with van der Waals surface area (Å²) in [5, 5.41) is 0. The lowest BCUT2D eigenvalue weighted by Crippen LogP contribution is -2.46. The van der Waals surface area contributed by atoms with E-state index < -0.39 is 0 Å². The Morgan fingerprint density at radius 1 is 0.815 bits per heavy atom. The molecule has 3 aromatic rings. The molecule has 0 aliphatic carbocycles. The molecule has 0 atom stereocenters. The van der Waals surface area contributed by atoms with Crippen molar-refractivity contribution in [1.29, 1.82) is 0 Å². The molecule has 1 aliphatic heterocycles. The van der Waals surface area contributed by atoms with Crippen molar-refractivity contribution < 1.29 is 0 Å². The average molecular weight is 359 g/mol. The number of hydrogen-bond donors (Lipinski definition) is 0. The Morgan fingerprint density at radius 2 is 1.44 bits per heavy atom. The van der Waals surface area contributed by atoms with Gasteiger partial charge in [-0.15, -0.1) is 0 Å². The van der Waals surface area contributed by atoms with Crippen LogP contribution in [0.15, 0.2) is 73.1 Å². The molecule has 0 N–H and O–H groups in total. The maximum atomic E-state index is 4.52. The zero-order valence-electron chi connectivity index (χ0n) is 15.7. The van der Waals surface area contributed by atoms with Crippen molar-refractivity contribution in [2.45, 2.75) is 6.54 Å². The smallest absolute Gasteiger partial charge is 0.134 e. The van der Waals surface area contributed by atoms with Gasteiger partial charge >= 0.3 is 0 Å². The van der Waals surface area contributed by atoms with Crippen LogP contribution in [0.3, 0.4) is 0 Å². The van der Waals surface area contributed by atoms with Crippen LogP contribution in [0, 0.1) is 0 Å². The van der Waals surface area contributed by atoms with Crippen LogP contribution in [-0.2, 0) is 6.54 Å². The summed E-state index contributed by atoms with van der Waals surface area (Å²) in [7, 11) is 2.08. The van der Waals surface area contributed by atoms with Gasteiger partial charge in [-0.25, -0.2) is 9.97 Å². The summed E-state index contributed by atoms with van der Waals surface area (Å²) in [6, 6.07) is 23.2. The molecule has 2 heterocycles. The van der Waals surface area contributed by atoms with E-state index in [1.807, 2.05) is 6.07 Å². The molecule has 5 heteroatoms. The molecule has 5 nitrogen and oxygen atoms in total. The first kappa shape index (κ1) is 17.3. The van der Waals surface area contributed by atoms with Gasteiger partial charge in [-0.05, 0) is 17.7 Å². The molecule has 0 radical (unpaired) electrons. The molecule has 0 spiro atoms. The van der Waals surface area contributed by atoms with Crippen LogP contribution in [-0.4, -0.2) is 43.2 Å². The van der Waals surface area contributed by atoms with E-state index in [2.05, 4.69) is 92.4 Å². The van der Waals surface area contributed by atoms with Crippen LogP contribution >= 0.6 is 0 Å². The van der Waals surface area contributed by atoms with Gasteiger partial charge in [0.1, 0.15) is 18.0 Å². The molecule has 138 valence electrons. The summed E-state index contributed by atoms with van der Waals surface area (Å²) in [6.45, 7) is 4.77. The number of nitrogens with zero attached hydrogens (tertiary/aromatic N) is 5. The Kier molecular flexibility index (Phi) is 5.19. The molecule has 1 saturated heterocycles. The molecule has 27 heavy (non-hydrogen) atoms. The zero-order chi connectivity index (χ0) is 18.5. The standard InChI is InChI=1S/C22H25N5/c1-25(17-19-8-4-2-5-9-19)21-16-22(24-18-23-21)27-14-12-26(13-15-27)20-10-6-3-7-11-20/h2-11,16,18H,12-15,17H2,1H3. The summed E-state index contributed by atoms with van der Waals surface area (Å²) in [4.78, 5) is 15.9. The Labute approximate surface area is 160 Å². The number of para-hydroxylation sites is 1. The van der Waals surface area contributed by atoms with Crippen molar-refractivity contribution in [3.05, 3.63) is 78.6 Å². The highest BCUT2D eigenvalue weighted by Crippen LogP contribution is 2.21. The Hall–Kier alpha value is -3.08. The number of anilines is 3. The van der Waals surface area contributed by atoms with Gasteiger partial charge in [0, 0.05) is 51.5 Å². The van der Waals surface area contributed by atoms with Crippen molar-refractivity contribution in [1.82, 2.24) is 9.97 Å². The number of benzene rings is 2. The number of aromatic nitrogens is 2. The maximum absolute atomic E-state index is 4.52. The monoisotopic (exact) mass is 359 g/mol. The second-order valence-corrected chi connectivity index (χ2v) is 6.89. The third kappa shape index (κ3) is 4.19. The molecule has 1 aromatic heterocycles. The Balaban J connectivity index is 1.41. The minimum atomic E-state index is 0.832. The molecular formula is C22H25N5. The molecule has 0 bridgehead atoms. The van der Waals surface area contributed by atoms with Crippen LogP contribution in [0.25, 0.3) is 0 Å². The summed E-state index contributed by atoms with van der Waals surface area (Å²) < 4.78 is 0. The summed E-state index contributed by atoms with van der Waals surface area (Å²) in [5.74, 6) is 1.96. The fourth-order valence-electron chi connectivity index (χ4n) is 3.49. The fraction of sp³-hybridized carbons (Fsp3) is 0.273. The molecule has 0 unspecified atom stereocenters. The predicted molar refractivity (Wildman–Crippen MR) is 111 cm³/mol. The number of hydrogen-bond acceptors (Lipinski definition) is 5. The van der Waals surface area contributed by atoms with Gasteiger partial charge in [0.2, 0.25) is 0 Å². The minimum absolute atomic E-state index is 0.832. The molecule has 1 aliphatic rings. The van der Waals surface area contributed by atoms with Gasteiger partial charge in [-0.1, -0.05) is 48.5 Å². The van der Waals surface area contributed by atoms with E-state index in [-0.39, 0.29) is 0 Å². The number of rotatable bonds is 5. The highest BCUT2D eigenvalue weighted by atomic mass is 15.3. The van der Waals surface area contributed by atoms with Crippen molar-refractivity contribution in [2.24, 2.45) is 0 Å². The van der Waals surface area contributed by atoms with E-state index in [4.69, 9.17) is 0 Å². The van der Waals surface area contributed by atoms with Gasteiger partial charge in [0.05, 0.1) is 0 Å². The second kappa shape index (κ2) is 8.08. The van der Waals surface area contributed by atoms with Gasteiger partial charge in [-0.3, -0.25) is 0 Å². The average Bonchev–Trinajstić information content (AvgIpc) is 2.75. The highest BCUT2D eigenvalue weighted by Gasteiger charge is 2.19. The lowest BCUT2D eigenvalue weighted by atomic mass is 10.2. The number of piperazine rings is 1. The molecule has 0 saturated carbocycles. The van der Waals surface area contributed by atoms with E-state index in [1.54, 1.807) is 6.33 Å². The van der Waals surface area contributed by atoms with Crippen molar-refractivity contribution in [2.75, 3.05) is 47.9 Å². The summed E-state index contributed by atoms with van der Waals surface area (Å²) in [5.41, 5.74) is 2.57. The SMILES string of the molecule is CN(Cc1ccccc1)c1cc(N2CCN(c3ccccc3)CC2)ncn1. The van der Waals surface area contributed by atoms with E-state index in [9.17, 15) is 0 Å². The molecule has 1 fully saturated rings.